The number of rotatable bonds is 5. The Hall–Kier alpha value is -1.88. The van der Waals surface area contributed by atoms with Crippen LogP contribution in [0, 0.1) is 12.8 Å². The van der Waals surface area contributed by atoms with Crippen molar-refractivity contribution in [1.29, 1.82) is 0 Å². The predicted molar refractivity (Wildman–Crippen MR) is 91.8 cm³/mol. The second-order valence-electron chi connectivity index (χ2n) is 6.48. The molecule has 2 aromatic heterocycles. The van der Waals surface area contributed by atoms with Gasteiger partial charge in [-0.15, -0.1) is 0 Å². The summed E-state index contributed by atoms with van der Waals surface area (Å²) in [6.07, 6.45) is 6.13. The minimum Gasteiger partial charge on any atom is -0.360 e. The normalized spacial score (nSPS) is 17.9. The van der Waals surface area contributed by atoms with E-state index in [0.717, 1.165) is 38.0 Å². The Balaban J connectivity index is 1.50. The van der Waals surface area contributed by atoms with Crippen molar-refractivity contribution in [3.63, 3.8) is 0 Å². The quantitative estimate of drug-likeness (QED) is 0.831. The zero-order valence-corrected chi connectivity index (χ0v) is 14.6. The van der Waals surface area contributed by atoms with E-state index in [0.29, 0.717) is 29.7 Å². The predicted octanol–water partition coefficient (Wildman–Crippen LogP) is 3.45. The smallest absolute Gasteiger partial charge is 0.223 e. The molecule has 24 heavy (non-hydrogen) atoms. The highest BCUT2D eigenvalue weighted by molar-refractivity contribution is 6.29. The number of aromatic nitrogens is 2. The largest absolute Gasteiger partial charge is 0.360 e. The Kier molecular flexibility index (Phi) is 5.51. The first-order valence-electron chi connectivity index (χ1n) is 8.40. The van der Waals surface area contributed by atoms with Crippen molar-refractivity contribution in [3.05, 3.63) is 46.6 Å². The molecule has 0 saturated carbocycles. The maximum Gasteiger partial charge on any atom is 0.223 e. The molecule has 1 unspecified atom stereocenters. The first kappa shape index (κ1) is 17.0. The topological polar surface area (TPSA) is 59.2 Å². The van der Waals surface area contributed by atoms with Crippen molar-refractivity contribution in [2.45, 2.75) is 39.0 Å². The van der Waals surface area contributed by atoms with E-state index >= 15 is 0 Å². The lowest BCUT2D eigenvalue weighted by atomic mass is 9.91. The average molecular weight is 348 g/mol. The molecule has 0 aromatic carbocycles. The molecule has 1 atom stereocenters. The van der Waals surface area contributed by atoms with Gasteiger partial charge in [0.05, 0.1) is 0 Å². The van der Waals surface area contributed by atoms with Crippen molar-refractivity contribution < 1.29 is 9.32 Å². The van der Waals surface area contributed by atoms with Crippen LogP contribution in [0.1, 0.15) is 36.3 Å². The average Bonchev–Trinajstić information content (AvgIpc) is 3.00. The molecule has 0 N–H and O–H groups in total. The number of pyridine rings is 1. The van der Waals surface area contributed by atoms with Crippen LogP contribution >= 0.6 is 11.6 Å². The van der Waals surface area contributed by atoms with Crippen molar-refractivity contribution in [2.24, 2.45) is 5.92 Å². The van der Waals surface area contributed by atoms with Gasteiger partial charge in [-0.2, -0.15) is 0 Å². The molecule has 1 fully saturated rings. The SMILES string of the molecule is Cc1ccc(CC2CCCN(C(=O)CCc3cc(Cl)no3)C2)cn1. The van der Waals surface area contributed by atoms with Crippen LogP contribution in [0.15, 0.2) is 28.9 Å². The van der Waals surface area contributed by atoms with Gasteiger partial charge in [-0.05, 0) is 43.7 Å². The van der Waals surface area contributed by atoms with Gasteiger partial charge in [0.25, 0.3) is 0 Å². The third-order valence-corrected chi connectivity index (χ3v) is 4.66. The molecule has 1 aliphatic rings. The number of nitrogens with zero attached hydrogens (tertiary/aromatic N) is 3. The fourth-order valence-electron chi connectivity index (χ4n) is 3.20. The number of carbonyl (C=O) groups is 1. The van der Waals surface area contributed by atoms with Crippen molar-refractivity contribution >= 4 is 17.5 Å². The highest BCUT2D eigenvalue weighted by Crippen LogP contribution is 2.22. The van der Waals surface area contributed by atoms with E-state index in [-0.39, 0.29) is 5.91 Å². The molecule has 128 valence electrons. The molecule has 5 nitrogen and oxygen atoms in total. The second kappa shape index (κ2) is 7.79. The van der Waals surface area contributed by atoms with Gasteiger partial charge < -0.3 is 9.42 Å². The molecule has 0 radical (unpaired) electrons. The molecule has 0 spiro atoms. The lowest BCUT2D eigenvalue weighted by molar-refractivity contribution is -0.133. The van der Waals surface area contributed by atoms with E-state index in [1.54, 1.807) is 6.07 Å². The summed E-state index contributed by atoms with van der Waals surface area (Å²) in [6.45, 7) is 3.66. The van der Waals surface area contributed by atoms with Crippen LogP contribution in [-0.2, 0) is 17.6 Å². The van der Waals surface area contributed by atoms with Crippen LogP contribution in [0.3, 0.4) is 0 Å². The number of hydrogen-bond acceptors (Lipinski definition) is 4. The summed E-state index contributed by atoms with van der Waals surface area (Å²) in [4.78, 5) is 18.8. The first-order chi connectivity index (χ1) is 11.6. The molecule has 1 amide bonds. The van der Waals surface area contributed by atoms with E-state index in [9.17, 15) is 4.79 Å². The molecule has 0 bridgehead atoms. The van der Waals surface area contributed by atoms with Gasteiger partial charge in [0, 0.05) is 43.9 Å². The summed E-state index contributed by atoms with van der Waals surface area (Å²) in [5.74, 6) is 1.34. The summed E-state index contributed by atoms with van der Waals surface area (Å²) < 4.78 is 5.05. The maximum absolute atomic E-state index is 12.4. The number of aryl methyl sites for hydroxylation is 2. The number of piperidine rings is 1. The third kappa shape index (κ3) is 4.57. The molecule has 0 aliphatic carbocycles. The number of amides is 1. The maximum atomic E-state index is 12.4. The highest BCUT2D eigenvalue weighted by Gasteiger charge is 2.24. The van der Waals surface area contributed by atoms with Crippen molar-refractivity contribution in [3.8, 4) is 0 Å². The Labute approximate surface area is 147 Å². The monoisotopic (exact) mass is 347 g/mol. The number of halogens is 1. The number of likely N-dealkylation sites (tertiary alicyclic amines) is 1. The zero-order chi connectivity index (χ0) is 16.9. The molecular formula is C18H22ClN3O2. The standard InChI is InChI=1S/C18H22ClN3O2/c1-13-4-5-14(11-20-13)9-15-3-2-8-22(12-15)18(23)7-6-16-10-17(19)21-24-16/h4-5,10-11,15H,2-3,6-9,12H2,1H3. The summed E-state index contributed by atoms with van der Waals surface area (Å²) in [5, 5.41) is 3.97. The summed E-state index contributed by atoms with van der Waals surface area (Å²) >= 11 is 5.72. The van der Waals surface area contributed by atoms with Crippen LogP contribution in [0.4, 0.5) is 0 Å². The minimum absolute atomic E-state index is 0.175. The lowest BCUT2D eigenvalue weighted by Crippen LogP contribution is -2.40. The second-order valence-corrected chi connectivity index (χ2v) is 6.86. The molecular weight excluding hydrogens is 326 g/mol. The Morgan fingerprint density at radius 3 is 3.04 bits per heavy atom. The van der Waals surface area contributed by atoms with Gasteiger partial charge in [0.15, 0.2) is 5.15 Å². The Morgan fingerprint density at radius 1 is 1.46 bits per heavy atom. The van der Waals surface area contributed by atoms with Gasteiger partial charge in [-0.1, -0.05) is 22.8 Å². The summed E-state index contributed by atoms with van der Waals surface area (Å²) in [7, 11) is 0. The van der Waals surface area contributed by atoms with Crippen LogP contribution in [-0.4, -0.2) is 34.0 Å². The minimum atomic E-state index is 0.175. The fraction of sp³-hybridized carbons (Fsp3) is 0.500. The Morgan fingerprint density at radius 2 is 2.33 bits per heavy atom. The molecule has 3 heterocycles. The van der Waals surface area contributed by atoms with Gasteiger partial charge in [-0.3, -0.25) is 9.78 Å². The van der Waals surface area contributed by atoms with Crippen LogP contribution in [0.2, 0.25) is 5.15 Å². The number of hydrogen-bond donors (Lipinski definition) is 0. The van der Waals surface area contributed by atoms with Crippen molar-refractivity contribution in [1.82, 2.24) is 15.0 Å². The Bertz CT molecular complexity index is 684. The molecule has 2 aromatic rings. The van der Waals surface area contributed by atoms with E-state index < -0.39 is 0 Å². The number of carbonyl (C=O) groups excluding carboxylic acids is 1. The van der Waals surface area contributed by atoms with Gasteiger partial charge in [0.2, 0.25) is 5.91 Å². The van der Waals surface area contributed by atoms with E-state index in [4.69, 9.17) is 16.1 Å². The fourth-order valence-corrected chi connectivity index (χ4v) is 3.36. The summed E-state index contributed by atoms with van der Waals surface area (Å²) in [5.41, 5.74) is 2.28. The summed E-state index contributed by atoms with van der Waals surface area (Å²) in [6, 6.07) is 5.85. The van der Waals surface area contributed by atoms with Gasteiger partial charge in [0.1, 0.15) is 5.76 Å². The zero-order valence-electron chi connectivity index (χ0n) is 13.9. The third-order valence-electron chi connectivity index (χ3n) is 4.48. The van der Waals surface area contributed by atoms with Crippen LogP contribution in [0.25, 0.3) is 0 Å². The van der Waals surface area contributed by atoms with Crippen LogP contribution in [0.5, 0.6) is 0 Å². The van der Waals surface area contributed by atoms with E-state index in [1.807, 2.05) is 24.1 Å². The van der Waals surface area contributed by atoms with E-state index in [2.05, 4.69) is 16.2 Å². The van der Waals surface area contributed by atoms with Gasteiger partial charge in [-0.25, -0.2) is 0 Å². The van der Waals surface area contributed by atoms with E-state index in [1.165, 1.54) is 5.56 Å². The molecule has 3 rings (SSSR count). The molecule has 1 aliphatic heterocycles. The molecule has 1 saturated heterocycles. The lowest BCUT2D eigenvalue weighted by Gasteiger charge is -2.33. The van der Waals surface area contributed by atoms with Crippen LogP contribution < -0.4 is 0 Å². The highest BCUT2D eigenvalue weighted by atomic mass is 35.5. The first-order valence-corrected chi connectivity index (χ1v) is 8.78. The van der Waals surface area contributed by atoms with Gasteiger partial charge >= 0.3 is 0 Å². The van der Waals surface area contributed by atoms with Crippen molar-refractivity contribution in [2.75, 3.05) is 13.1 Å². The molecule has 6 heteroatoms.